The van der Waals surface area contributed by atoms with E-state index in [-0.39, 0.29) is 13.0 Å². The molecule has 0 aromatic carbocycles. The highest BCUT2D eigenvalue weighted by atomic mass is 16.5. The van der Waals surface area contributed by atoms with Crippen molar-refractivity contribution in [2.75, 3.05) is 13.2 Å². The molecule has 0 fully saturated rings. The Hall–Kier alpha value is -0.650. The van der Waals surface area contributed by atoms with Gasteiger partial charge in [-0.3, -0.25) is 4.79 Å². The second-order valence-corrected chi connectivity index (χ2v) is 5.99. The largest absolute Gasteiger partial charge is 0.463 e. The fourth-order valence-corrected chi connectivity index (χ4v) is 2.29. The third-order valence-corrected chi connectivity index (χ3v) is 3.69. The van der Waals surface area contributed by atoms with Crippen LogP contribution in [0.2, 0.25) is 0 Å². The van der Waals surface area contributed by atoms with E-state index in [0.29, 0.717) is 6.42 Å². The number of carbonyl (C=O) groups excluding carboxylic acids is 1. The molecule has 0 aliphatic carbocycles. The second kappa shape index (κ2) is 15.3. The minimum absolute atomic E-state index is 0.0465. The summed E-state index contributed by atoms with van der Waals surface area (Å²) in [5, 5.41) is 27.4. The molecule has 0 aliphatic heterocycles. The molecule has 0 aromatic rings. The summed E-state index contributed by atoms with van der Waals surface area (Å²) in [6.45, 7) is 1.56. The Bertz CT molecular complexity index is 257. The summed E-state index contributed by atoms with van der Waals surface area (Å²) in [7, 11) is 0. The molecule has 0 amide bonds. The van der Waals surface area contributed by atoms with E-state index in [1.165, 1.54) is 44.9 Å². The van der Waals surface area contributed by atoms with E-state index in [2.05, 4.69) is 6.92 Å². The van der Waals surface area contributed by atoms with E-state index < -0.39 is 24.8 Å². The Balaban J connectivity index is 3.38. The van der Waals surface area contributed by atoms with Gasteiger partial charge in [0, 0.05) is 0 Å². The summed E-state index contributed by atoms with van der Waals surface area (Å²) in [6.07, 6.45) is 9.84. The van der Waals surface area contributed by atoms with Crippen LogP contribution < -0.4 is 0 Å². The van der Waals surface area contributed by atoms with Crippen LogP contribution in [0.15, 0.2) is 0 Å². The predicted octanol–water partition coefficient (Wildman–Crippen LogP) is 2.55. The smallest absolute Gasteiger partial charge is 0.308 e. The summed E-state index contributed by atoms with van der Waals surface area (Å²) in [4.78, 5) is 11.4. The van der Waals surface area contributed by atoms with Crippen LogP contribution in [0.1, 0.15) is 77.6 Å². The normalized spacial score (nSPS) is 13.8. The zero-order valence-corrected chi connectivity index (χ0v) is 14.0. The Kier molecular flexibility index (Phi) is 14.8. The molecule has 0 aliphatic rings. The van der Waals surface area contributed by atoms with Gasteiger partial charge in [-0.25, -0.2) is 0 Å². The van der Waals surface area contributed by atoms with Crippen LogP contribution >= 0.6 is 0 Å². The monoisotopic (exact) mass is 318 g/mol. The molecule has 3 N–H and O–H groups in total. The maximum absolute atomic E-state index is 11.4. The van der Waals surface area contributed by atoms with E-state index in [4.69, 9.17) is 14.9 Å². The van der Waals surface area contributed by atoms with Crippen molar-refractivity contribution in [3.05, 3.63) is 0 Å². The molecule has 0 heterocycles. The third kappa shape index (κ3) is 14.3. The topological polar surface area (TPSA) is 87.0 Å². The highest BCUT2D eigenvalue weighted by Gasteiger charge is 2.13. The molecule has 5 nitrogen and oxygen atoms in total. The van der Waals surface area contributed by atoms with Crippen LogP contribution in [0.5, 0.6) is 0 Å². The lowest BCUT2D eigenvalue weighted by Crippen LogP contribution is -2.24. The summed E-state index contributed by atoms with van der Waals surface area (Å²) < 4.78 is 4.75. The first-order valence-electron chi connectivity index (χ1n) is 8.72. The van der Waals surface area contributed by atoms with Crippen molar-refractivity contribution in [2.24, 2.45) is 0 Å². The zero-order valence-electron chi connectivity index (χ0n) is 14.0. The summed E-state index contributed by atoms with van der Waals surface area (Å²) in [5.74, 6) is -0.532. The minimum atomic E-state index is -1.04. The van der Waals surface area contributed by atoms with E-state index in [1.54, 1.807) is 0 Å². The standard InChI is InChI=1S/C17H34O5/c1-2-3-4-5-6-7-8-9-10-11-15(19)12-17(21)22-14-16(20)13-18/h15-16,18-20H,2-14H2,1H3/t15-,16-/m1/s1. The van der Waals surface area contributed by atoms with Crippen molar-refractivity contribution in [3.63, 3.8) is 0 Å². The van der Waals surface area contributed by atoms with E-state index in [9.17, 15) is 9.90 Å². The van der Waals surface area contributed by atoms with Gasteiger partial charge in [-0.15, -0.1) is 0 Å². The Labute approximate surface area is 134 Å². The van der Waals surface area contributed by atoms with Crippen molar-refractivity contribution in [1.29, 1.82) is 0 Å². The second-order valence-electron chi connectivity index (χ2n) is 5.99. The number of aliphatic hydroxyl groups is 3. The van der Waals surface area contributed by atoms with E-state index in [0.717, 1.165) is 12.8 Å². The van der Waals surface area contributed by atoms with Gasteiger partial charge in [-0.2, -0.15) is 0 Å². The number of unbranched alkanes of at least 4 members (excludes halogenated alkanes) is 8. The van der Waals surface area contributed by atoms with Gasteiger partial charge in [0.25, 0.3) is 0 Å². The third-order valence-electron chi connectivity index (χ3n) is 3.69. The van der Waals surface area contributed by atoms with Gasteiger partial charge in [0.05, 0.1) is 19.1 Å². The van der Waals surface area contributed by atoms with Crippen molar-refractivity contribution in [2.45, 2.75) is 89.8 Å². The van der Waals surface area contributed by atoms with E-state index >= 15 is 0 Å². The summed E-state index contributed by atoms with van der Waals surface area (Å²) in [6, 6.07) is 0. The molecule has 5 heteroatoms. The van der Waals surface area contributed by atoms with Gasteiger partial charge in [-0.05, 0) is 6.42 Å². The first-order chi connectivity index (χ1) is 10.6. The zero-order chi connectivity index (χ0) is 16.6. The molecular formula is C17H34O5. The molecule has 0 bridgehead atoms. The van der Waals surface area contributed by atoms with Gasteiger partial charge >= 0.3 is 5.97 Å². The lowest BCUT2D eigenvalue weighted by molar-refractivity contribution is -0.149. The number of rotatable bonds is 15. The predicted molar refractivity (Wildman–Crippen MR) is 86.5 cm³/mol. The van der Waals surface area contributed by atoms with Crippen molar-refractivity contribution in [3.8, 4) is 0 Å². The molecule has 22 heavy (non-hydrogen) atoms. The minimum Gasteiger partial charge on any atom is -0.463 e. The maximum Gasteiger partial charge on any atom is 0.308 e. The first-order valence-corrected chi connectivity index (χ1v) is 8.72. The highest BCUT2D eigenvalue weighted by molar-refractivity contribution is 5.69. The van der Waals surface area contributed by atoms with Crippen LogP contribution in [-0.2, 0) is 9.53 Å². The van der Waals surface area contributed by atoms with Crippen molar-refractivity contribution < 1.29 is 24.9 Å². The van der Waals surface area contributed by atoms with Crippen molar-refractivity contribution >= 4 is 5.97 Å². The highest BCUT2D eigenvalue weighted by Crippen LogP contribution is 2.12. The molecule has 0 rings (SSSR count). The molecule has 0 aromatic heterocycles. The summed E-state index contributed by atoms with van der Waals surface area (Å²) >= 11 is 0. The van der Waals surface area contributed by atoms with Crippen LogP contribution in [-0.4, -0.2) is 46.7 Å². The van der Waals surface area contributed by atoms with Crippen LogP contribution in [0.3, 0.4) is 0 Å². The quantitative estimate of drug-likeness (QED) is 0.319. The number of hydrogen-bond acceptors (Lipinski definition) is 5. The lowest BCUT2D eigenvalue weighted by atomic mass is 10.0. The molecule has 0 unspecified atom stereocenters. The van der Waals surface area contributed by atoms with Crippen LogP contribution in [0.25, 0.3) is 0 Å². The van der Waals surface area contributed by atoms with Gasteiger partial charge in [-0.1, -0.05) is 64.7 Å². The van der Waals surface area contributed by atoms with Crippen LogP contribution in [0, 0.1) is 0 Å². The van der Waals surface area contributed by atoms with Gasteiger partial charge in [0.2, 0.25) is 0 Å². The van der Waals surface area contributed by atoms with Gasteiger partial charge < -0.3 is 20.1 Å². The molecule has 0 saturated carbocycles. The van der Waals surface area contributed by atoms with Gasteiger partial charge in [0.15, 0.2) is 0 Å². The SMILES string of the molecule is CCCCCCCCCCC[C@@H](O)CC(=O)OC[C@H](O)CO. The fraction of sp³-hybridized carbons (Fsp3) is 0.941. The number of ether oxygens (including phenoxy) is 1. The number of carbonyl (C=O) groups is 1. The molecular weight excluding hydrogens is 284 g/mol. The Morgan fingerprint density at radius 3 is 2.00 bits per heavy atom. The Morgan fingerprint density at radius 2 is 1.45 bits per heavy atom. The lowest BCUT2D eigenvalue weighted by Gasteiger charge is -2.12. The van der Waals surface area contributed by atoms with Gasteiger partial charge in [0.1, 0.15) is 12.7 Å². The fourth-order valence-electron chi connectivity index (χ4n) is 2.29. The average Bonchev–Trinajstić information content (AvgIpc) is 2.50. The Morgan fingerprint density at radius 1 is 0.909 bits per heavy atom. The first kappa shape index (κ1) is 21.4. The molecule has 0 spiro atoms. The maximum atomic E-state index is 11.4. The molecule has 0 radical (unpaired) electrons. The molecule has 2 atom stereocenters. The number of aliphatic hydroxyl groups excluding tert-OH is 3. The summed E-state index contributed by atoms with van der Waals surface area (Å²) in [5.41, 5.74) is 0. The number of esters is 1. The molecule has 132 valence electrons. The average molecular weight is 318 g/mol. The number of hydrogen-bond donors (Lipinski definition) is 3. The van der Waals surface area contributed by atoms with Crippen molar-refractivity contribution in [1.82, 2.24) is 0 Å². The van der Waals surface area contributed by atoms with E-state index in [1.807, 2.05) is 0 Å². The van der Waals surface area contributed by atoms with Crippen LogP contribution in [0.4, 0.5) is 0 Å². The molecule has 0 saturated heterocycles.